The van der Waals surface area contributed by atoms with Crippen molar-refractivity contribution < 1.29 is 8.42 Å². The van der Waals surface area contributed by atoms with E-state index in [0.717, 1.165) is 24.9 Å². The molecule has 0 fully saturated rings. The normalized spacial score (nSPS) is 14.9. The molecule has 0 aliphatic heterocycles. The van der Waals surface area contributed by atoms with Crippen LogP contribution in [0.4, 0.5) is 0 Å². The smallest absolute Gasteiger partial charge is 0.240 e. The van der Waals surface area contributed by atoms with E-state index < -0.39 is 10.0 Å². The summed E-state index contributed by atoms with van der Waals surface area (Å²) in [7, 11) is -3.43. The van der Waals surface area contributed by atoms with Gasteiger partial charge in [-0.15, -0.1) is 0 Å². The number of benzene rings is 1. The maximum absolute atomic E-state index is 12.4. The second-order valence-electron chi connectivity index (χ2n) is 5.30. The minimum Gasteiger partial charge on any atom is -0.313 e. The molecular weight excluding hydrogens is 284 g/mol. The summed E-state index contributed by atoms with van der Waals surface area (Å²) < 4.78 is 27.3. The number of rotatable bonds is 9. The van der Waals surface area contributed by atoms with Crippen LogP contribution in [0.3, 0.4) is 0 Å². The Morgan fingerprint density at radius 3 is 2.38 bits per heavy atom. The van der Waals surface area contributed by atoms with Crippen LogP contribution in [0, 0.1) is 0 Å². The topological polar surface area (TPSA) is 58.2 Å². The van der Waals surface area contributed by atoms with Crippen molar-refractivity contribution in [2.75, 3.05) is 13.1 Å². The summed E-state index contributed by atoms with van der Waals surface area (Å²) in [5.74, 6) is 0.145. The number of hydrogen-bond acceptors (Lipinski definition) is 3. The van der Waals surface area contributed by atoms with Gasteiger partial charge in [-0.25, -0.2) is 13.1 Å². The van der Waals surface area contributed by atoms with Crippen LogP contribution in [0.15, 0.2) is 29.2 Å². The molecule has 21 heavy (non-hydrogen) atoms. The molecule has 0 radical (unpaired) electrons. The Balaban J connectivity index is 3.12. The predicted molar refractivity (Wildman–Crippen MR) is 88.1 cm³/mol. The zero-order valence-electron chi connectivity index (χ0n) is 13.5. The SMILES string of the molecule is CCCNC(CC)C(C)c1ccccc1S(=O)(=O)NCC. The van der Waals surface area contributed by atoms with Crippen LogP contribution in [0.1, 0.15) is 52.0 Å². The van der Waals surface area contributed by atoms with E-state index in [1.165, 1.54) is 0 Å². The second-order valence-corrected chi connectivity index (χ2v) is 7.03. The lowest BCUT2D eigenvalue weighted by molar-refractivity contribution is 0.434. The van der Waals surface area contributed by atoms with Gasteiger partial charge in [-0.2, -0.15) is 0 Å². The summed E-state index contributed by atoms with van der Waals surface area (Å²) >= 11 is 0. The molecule has 120 valence electrons. The Morgan fingerprint density at radius 2 is 1.81 bits per heavy atom. The summed E-state index contributed by atoms with van der Waals surface area (Å²) in [6, 6.07) is 7.58. The molecule has 4 nitrogen and oxygen atoms in total. The van der Waals surface area contributed by atoms with Crippen LogP contribution in [-0.4, -0.2) is 27.5 Å². The maximum Gasteiger partial charge on any atom is 0.240 e. The third kappa shape index (κ3) is 4.80. The number of hydrogen-bond donors (Lipinski definition) is 2. The van der Waals surface area contributed by atoms with Crippen molar-refractivity contribution in [1.29, 1.82) is 0 Å². The molecule has 0 aromatic heterocycles. The first-order chi connectivity index (χ1) is 9.97. The largest absolute Gasteiger partial charge is 0.313 e. The summed E-state index contributed by atoms with van der Waals surface area (Å²) in [4.78, 5) is 0.399. The highest BCUT2D eigenvalue weighted by Gasteiger charge is 2.24. The van der Waals surface area contributed by atoms with Crippen LogP contribution in [-0.2, 0) is 10.0 Å². The molecule has 0 saturated heterocycles. The maximum atomic E-state index is 12.4. The first-order valence-corrected chi connectivity index (χ1v) is 9.28. The zero-order valence-corrected chi connectivity index (χ0v) is 14.3. The van der Waals surface area contributed by atoms with E-state index in [0.29, 0.717) is 11.4 Å². The third-order valence-corrected chi connectivity index (χ3v) is 5.35. The molecule has 0 aliphatic rings. The lowest BCUT2D eigenvalue weighted by Gasteiger charge is -2.26. The van der Waals surface area contributed by atoms with Gasteiger partial charge < -0.3 is 5.32 Å². The average Bonchev–Trinajstić information content (AvgIpc) is 2.47. The Hall–Kier alpha value is -0.910. The van der Waals surface area contributed by atoms with E-state index >= 15 is 0 Å². The third-order valence-electron chi connectivity index (χ3n) is 3.73. The summed E-state index contributed by atoms with van der Waals surface area (Å²) in [5.41, 5.74) is 0.883. The van der Waals surface area contributed by atoms with E-state index in [9.17, 15) is 8.42 Å². The van der Waals surface area contributed by atoms with Gasteiger partial charge in [0.05, 0.1) is 4.90 Å². The molecule has 0 saturated carbocycles. The van der Waals surface area contributed by atoms with Gasteiger partial charge in [0.2, 0.25) is 10.0 Å². The highest BCUT2D eigenvalue weighted by molar-refractivity contribution is 7.89. The van der Waals surface area contributed by atoms with Gasteiger partial charge in [-0.1, -0.05) is 45.9 Å². The fraction of sp³-hybridized carbons (Fsp3) is 0.625. The molecule has 2 unspecified atom stereocenters. The lowest BCUT2D eigenvalue weighted by atomic mass is 9.91. The molecular formula is C16H28N2O2S. The minimum atomic E-state index is -3.43. The van der Waals surface area contributed by atoms with E-state index in [1.807, 2.05) is 12.1 Å². The van der Waals surface area contributed by atoms with Crippen molar-refractivity contribution in [1.82, 2.24) is 10.0 Å². The molecule has 0 amide bonds. The first kappa shape index (κ1) is 18.1. The van der Waals surface area contributed by atoms with E-state index in [-0.39, 0.29) is 12.0 Å². The van der Waals surface area contributed by atoms with Crippen molar-refractivity contribution >= 4 is 10.0 Å². The standard InChI is InChI=1S/C16H28N2O2S/c1-5-12-17-15(6-2)13(4)14-10-8-9-11-16(14)21(19,20)18-7-3/h8-11,13,15,17-18H,5-7,12H2,1-4H3. The molecule has 0 heterocycles. The Kier molecular flexibility index (Phi) is 7.35. The summed E-state index contributed by atoms with van der Waals surface area (Å²) in [6.07, 6.45) is 2.04. The van der Waals surface area contributed by atoms with Gasteiger partial charge >= 0.3 is 0 Å². The minimum absolute atomic E-state index is 0.145. The van der Waals surface area contributed by atoms with Crippen LogP contribution in [0.2, 0.25) is 0 Å². The molecule has 0 aliphatic carbocycles. The molecule has 5 heteroatoms. The molecule has 2 atom stereocenters. The van der Waals surface area contributed by atoms with Gasteiger partial charge in [0.15, 0.2) is 0 Å². The predicted octanol–water partition coefficient (Wildman–Crippen LogP) is 2.87. The van der Waals surface area contributed by atoms with Gasteiger partial charge in [0.1, 0.15) is 0 Å². The average molecular weight is 312 g/mol. The van der Waals surface area contributed by atoms with Crippen LogP contribution in [0.25, 0.3) is 0 Å². The van der Waals surface area contributed by atoms with Gasteiger partial charge in [-0.05, 0) is 36.9 Å². The van der Waals surface area contributed by atoms with E-state index in [1.54, 1.807) is 19.1 Å². The number of nitrogens with one attached hydrogen (secondary N) is 2. The van der Waals surface area contributed by atoms with Gasteiger partial charge in [0, 0.05) is 12.6 Å². The first-order valence-electron chi connectivity index (χ1n) is 7.79. The molecule has 1 aromatic carbocycles. The van der Waals surface area contributed by atoms with Crippen LogP contribution in [0.5, 0.6) is 0 Å². The second kappa shape index (κ2) is 8.51. The van der Waals surface area contributed by atoms with E-state index in [2.05, 4.69) is 30.8 Å². The molecule has 1 aromatic rings. The highest BCUT2D eigenvalue weighted by atomic mass is 32.2. The summed E-state index contributed by atoms with van der Waals surface area (Å²) in [5, 5.41) is 3.51. The Morgan fingerprint density at radius 1 is 1.14 bits per heavy atom. The van der Waals surface area contributed by atoms with Crippen molar-refractivity contribution in [2.45, 2.75) is 57.4 Å². The number of sulfonamides is 1. The molecule has 2 N–H and O–H groups in total. The molecule has 0 bridgehead atoms. The van der Waals surface area contributed by atoms with Gasteiger partial charge in [0.25, 0.3) is 0 Å². The monoisotopic (exact) mass is 312 g/mol. The molecule has 0 spiro atoms. The van der Waals surface area contributed by atoms with Crippen molar-refractivity contribution in [2.24, 2.45) is 0 Å². The van der Waals surface area contributed by atoms with Crippen LogP contribution >= 0.6 is 0 Å². The Labute approximate surface area is 129 Å². The quantitative estimate of drug-likeness (QED) is 0.737. The summed E-state index contributed by atoms with van der Waals surface area (Å²) in [6.45, 7) is 9.50. The fourth-order valence-corrected chi connectivity index (χ4v) is 3.95. The molecule has 1 rings (SSSR count). The van der Waals surface area contributed by atoms with Gasteiger partial charge in [-0.3, -0.25) is 0 Å². The Bertz CT molecular complexity index is 529. The zero-order chi connectivity index (χ0) is 15.9. The van der Waals surface area contributed by atoms with Crippen molar-refractivity contribution in [3.05, 3.63) is 29.8 Å². The van der Waals surface area contributed by atoms with E-state index in [4.69, 9.17) is 0 Å². The van der Waals surface area contributed by atoms with Crippen molar-refractivity contribution in [3.8, 4) is 0 Å². The van der Waals surface area contributed by atoms with Crippen molar-refractivity contribution in [3.63, 3.8) is 0 Å². The fourth-order valence-electron chi connectivity index (χ4n) is 2.59. The lowest BCUT2D eigenvalue weighted by Crippen LogP contribution is -2.35. The van der Waals surface area contributed by atoms with Crippen LogP contribution < -0.4 is 10.0 Å². The highest BCUT2D eigenvalue weighted by Crippen LogP contribution is 2.27.